The van der Waals surface area contributed by atoms with Crippen molar-refractivity contribution in [3.8, 4) is 0 Å². The molecule has 0 unspecified atom stereocenters. The lowest BCUT2D eigenvalue weighted by atomic mass is 9.90. The highest BCUT2D eigenvalue weighted by Gasteiger charge is 2.28. The molecule has 1 atom stereocenters. The van der Waals surface area contributed by atoms with Gasteiger partial charge in [-0.15, -0.1) is 0 Å². The van der Waals surface area contributed by atoms with Crippen LogP contribution in [0.5, 0.6) is 0 Å². The van der Waals surface area contributed by atoms with Crippen LogP contribution < -0.4 is 0 Å². The van der Waals surface area contributed by atoms with Crippen LogP contribution in [0.4, 0.5) is 0 Å². The van der Waals surface area contributed by atoms with Crippen LogP contribution in [0.25, 0.3) is 11.6 Å². The monoisotopic (exact) mass is 421 g/mol. The first-order valence-electron chi connectivity index (χ1n) is 10.6. The zero-order valence-corrected chi connectivity index (χ0v) is 17.6. The number of allylic oxidation sites excluding steroid dienone is 2. The lowest BCUT2D eigenvalue weighted by molar-refractivity contribution is -0.130. The van der Waals surface area contributed by atoms with Crippen LogP contribution in [0.2, 0.25) is 0 Å². The number of hydrogen-bond donors (Lipinski definition) is 0. The molecule has 32 heavy (non-hydrogen) atoms. The number of carbonyl (C=O) groups excluding carboxylic acids is 2. The molecule has 0 amide bonds. The van der Waals surface area contributed by atoms with Gasteiger partial charge in [0.2, 0.25) is 5.90 Å². The summed E-state index contributed by atoms with van der Waals surface area (Å²) in [4.78, 5) is 28.8. The van der Waals surface area contributed by atoms with Gasteiger partial charge in [-0.2, -0.15) is 0 Å². The summed E-state index contributed by atoms with van der Waals surface area (Å²) in [6, 6.07) is 29.0. The van der Waals surface area contributed by atoms with Gasteiger partial charge in [-0.1, -0.05) is 91.0 Å². The molecule has 0 saturated heterocycles. The van der Waals surface area contributed by atoms with Gasteiger partial charge in [0.05, 0.1) is 0 Å². The maximum absolute atomic E-state index is 12.8. The van der Waals surface area contributed by atoms with Gasteiger partial charge in [-0.3, -0.25) is 0 Å². The lowest BCUT2D eigenvalue weighted by Crippen LogP contribution is -2.07. The van der Waals surface area contributed by atoms with Gasteiger partial charge in [-0.05, 0) is 41.2 Å². The van der Waals surface area contributed by atoms with E-state index in [9.17, 15) is 9.59 Å². The Kier molecular flexibility index (Phi) is 6.83. The van der Waals surface area contributed by atoms with Crippen molar-refractivity contribution in [3.63, 3.8) is 0 Å². The average Bonchev–Trinajstić information content (AvgIpc) is 3.24. The Morgan fingerprint density at radius 1 is 0.875 bits per heavy atom. The fraction of sp³-hybridized carbons (Fsp3) is 0.107. The van der Waals surface area contributed by atoms with Crippen molar-refractivity contribution in [1.82, 2.24) is 0 Å². The van der Waals surface area contributed by atoms with E-state index in [-0.39, 0.29) is 5.92 Å². The number of carbonyl (C=O) groups is 2. The first-order chi connectivity index (χ1) is 15.7. The molecule has 4 heteroatoms. The zero-order chi connectivity index (χ0) is 22.2. The lowest BCUT2D eigenvalue weighted by Gasteiger charge is -2.14. The number of hydrogen-bond acceptors (Lipinski definition) is 4. The fourth-order valence-electron chi connectivity index (χ4n) is 3.62. The fourth-order valence-corrected chi connectivity index (χ4v) is 3.62. The molecule has 3 aromatic rings. The van der Waals surface area contributed by atoms with Crippen molar-refractivity contribution in [3.05, 3.63) is 119 Å². The minimum Gasteiger partial charge on any atom is -0.402 e. The van der Waals surface area contributed by atoms with Crippen LogP contribution >= 0.6 is 0 Å². The largest absolute Gasteiger partial charge is 0.402 e. The Morgan fingerprint density at radius 3 is 2.16 bits per heavy atom. The molecule has 1 heterocycles. The van der Waals surface area contributed by atoms with Crippen LogP contribution in [0.1, 0.15) is 29.5 Å². The molecule has 0 aromatic heterocycles. The summed E-state index contributed by atoms with van der Waals surface area (Å²) in [5.41, 5.74) is 3.75. The second kappa shape index (κ2) is 10.3. The molecule has 0 N–H and O–H groups in total. The van der Waals surface area contributed by atoms with Crippen LogP contribution in [0.15, 0.2) is 108 Å². The van der Waals surface area contributed by atoms with E-state index < -0.39 is 5.97 Å². The second-order valence-corrected chi connectivity index (χ2v) is 7.50. The Labute approximate surface area is 187 Å². The van der Waals surface area contributed by atoms with E-state index in [1.165, 1.54) is 0 Å². The topological polar surface area (TPSA) is 55.7 Å². The summed E-state index contributed by atoms with van der Waals surface area (Å²) in [6.45, 7) is 0. The molecule has 0 fully saturated rings. The highest BCUT2D eigenvalue weighted by Crippen LogP contribution is 2.32. The first-order valence-corrected chi connectivity index (χ1v) is 10.6. The second-order valence-electron chi connectivity index (χ2n) is 7.50. The van der Waals surface area contributed by atoms with Crippen molar-refractivity contribution < 1.29 is 14.3 Å². The molecule has 1 aliphatic rings. The van der Waals surface area contributed by atoms with E-state index in [1.807, 2.05) is 103 Å². The van der Waals surface area contributed by atoms with Crippen LogP contribution in [0, 0.1) is 5.92 Å². The van der Waals surface area contributed by atoms with Crippen molar-refractivity contribution >= 4 is 29.8 Å². The highest BCUT2D eigenvalue weighted by atomic mass is 16.6. The predicted octanol–water partition coefficient (Wildman–Crippen LogP) is 5.71. The third-order valence-corrected chi connectivity index (χ3v) is 5.25. The number of aldehydes is 1. The Bertz CT molecular complexity index is 1160. The number of esters is 1. The van der Waals surface area contributed by atoms with Crippen LogP contribution in [0.3, 0.4) is 0 Å². The minimum absolute atomic E-state index is 0.0841. The molecule has 0 bridgehead atoms. The molecule has 3 aromatic carbocycles. The standard InChI is InChI=1S/C28H23NO3/c30-19-18-22(17-16-21-10-4-1-5-11-21)20-25(23-12-6-2-7-13-23)26-28(31)32-27(29-26)24-14-8-3-9-15-24/h1-17,19,22H,18,20H2/b17-16+,26-25-/t22-/m1/s1. The van der Waals surface area contributed by atoms with Crippen LogP contribution in [-0.4, -0.2) is 18.2 Å². The zero-order valence-electron chi connectivity index (χ0n) is 17.6. The smallest absolute Gasteiger partial charge is 0.364 e. The molecule has 0 radical (unpaired) electrons. The van der Waals surface area contributed by atoms with Gasteiger partial charge in [-0.25, -0.2) is 9.79 Å². The predicted molar refractivity (Wildman–Crippen MR) is 127 cm³/mol. The molecular formula is C28H23NO3. The van der Waals surface area contributed by atoms with Crippen molar-refractivity contribution in [2.75, 3.05) is 0 Å². The summed E-state index contributed by atoms with van der Waals surface area (Å²) < 4.78 is 5.50. The van der Waals surface area contributed by atoms with E-state index in [2.05, 4.69) is 4.99 Å². The summed E-state index contributed by atoms with van der Waals surface area (Å²) in [5.74, 6) is -0.260. The first kappa shape index (κ1) is 21.2. The minimum atomic E-state index is -0.473. The maximum atomic E-state index is 12.8. The van der Waals surface area contributed by atoms with E-state index in [4.69, 9.17) is 4.74 Å². The Balaban J connectivity index is 1.72. The third-order valence-electron chi connectivity index (χ3n) is 5.25. The molecule has 4 rings (SSSR count). The molecule has 158 valence electrons. The normalized spacial score (nSPS) is 15.9. The molecular weight excluding hydrogens is 398 g/mol. The van der Waals surface area contributed by atoms with E-state index >= 15 is 0 Å². The highest BCUT2D eigenvalue weighted by molar-refractivity contribution is 6.14. The molecule has 0 spiro atoms. The molecule has 1 aliphatic heterocycles. The maximum Gasteiger partial charge on any atom is 0.364 e. The van der Waals surface area contributed by atoms with Gasteiger partial charge >= 0.3 is 5.97 Å². The van der Waals surface area contributed by atoms with Gasteiger partial charge in [0.15, 0.2) is 5.70 Å². The molecule has 0 saturated carbocycles. The summed E-state index contributed by atoms with van der Waals surface area (Å²) >= 11 is 0. The Morgan fingerprint density at radius 2 is 1.50 bits per heavy atom. The summed E-state index contributed by atoms with van der Waals surface area (Å²) in [5, 5.41) is 0. The number of ether oxygens (including phenoxy) is 1. The quantitative estimate of drug-likeness (QED) is 0.266. The summed E-state index contributed by atoms with van der Waals surface area (Å²) in [6.07, 6.45) is 5.78. The third kappa shape index (κ3) is 5.16. The van der Waals surface area contributed by atoms with Crippen molar-refractivity contribution in [2.45, 2.75) is 12.8 Å². The summed E-state index contributed by atoms with van der Waals surface area (Å²) in [7, 11) is 0. The number of nitrogens with zero attached hydrogens (tertiary/aromatic N) is 1. The van der Waals surface area contributed by atoms with Gasteiger partial charge in [0, 0.05) is 12.0 Å². The van der Waals surface area contributed by atoms with Crippen molar-refractivity contribution in [1.29, 1.82) is 0 Å². The molecule has 0 aliphatic carbocycles. The number of rotatable bonds is 8. The number of benzene rings is 3. The van der Waals surface area contributed by atoms with Gasteiger partial charge in [0.1, 0.15) is 6.29 Å². The average molecular weight is 421 g/mol. The van der Waals surface area contributed by atoms with E-state index in [0.29, 0.717) is 24.4 Å². The van der Waals surface area contributed by atoms with E-state index in [1.54, 1.807) is 0 Å². The Hall–Kier alpha value is -4.05. The number of aliphatic imine (C=N–C) groups is 1. The molecule has 4 nitrogen and oxygen atoms in total. The van der Waals surface area contributed by atoms with Gasteiger partial charge < -0.3 is 9.53 Å². The SMILES string of the molecule is O=CC[C@@H](/C=C/c1ccccc1)C/C(=C1/N=C(c2ccccc2)OC1=O)c1ccccc1. The van der Waals surface area contributed by atoms with Gasteiger partial charge in [0.25, 0.3) is 0 Å². The van der Waals surface area contributed by atoms with Crippen LogP contribution in [-0.2, 0) is 14.3 Å². The van der Waals surface area contributed by atoms with Crippen molar-refractivity contribution in [2.24, 2.45) is 10.9 Å². The number of cyclic esters (lactones) is 1. The van der Waals surface area contributed by atoms with E-state index in [0.717, 1.165) is 28.5 Å².